The van der Waals surface area contributed by atoms with Crippen LogP contribution in [0.3, 0.4) is 0 Å². The lowest BCUT2D eigenvalue weighted by atomic mass is 10.1. The Morgan fingerprint density at radius 3 is 2.77 bits per heavy atom. The van der Waals surface area contributed by atoms with Gasteiger partial charge in [0.15, 0.2) is 0 Å². The van der Waals surface area contributed by atoms with Crippen molar-refractivity contribution in [1.29, 1.82) is 0 Å². The van der Waals surface area contributed by atoms with Crippen molar-refractivity contribution in [3.05, 3.63) is 65.2 Å². The van der Waals surface area contributed by atoms with Crippen molar-refractivity contribution < 1.29 is 4.79 Å². The van der Waals surface area contributed by atoms with E-state index in [1.54, 1.807) is 24.3 Å². The molecular formula is C18H19ClN2O. The summed E-state index contributed by atoms with van der Waals surface area (Å²) in [6, 6.07) is 17.5. The highest BCUT2D eigenvalue weighted by molar-refractivity contribution is 6.30. The van der Waals surface area contributed by atoms with Crippen LogP contribution in [0.4, 0.5) is 5.69 Å². The first kappa shape index (κ1) is 14.9. The number of rotatable bonds is 4. The van der Waals surface area contributed by atoms with Gasteiger partial charge < -0.3 is 10.2 Å². The van der Waals surface area contributed by atoms with Crippen LogP contribution in [0.5, 0.6) is 0 Å². The maximum absolute atomic E-state index is 12.1. The van der Waals surface area contributed by atoms with Crippen LogP contribution in [-0.4, -0.2) is 25.5 Å². The Morgan fingerprint density at radius 2 is 2.00 bits per heavy atom. The van der Waals surface area contributed by atoms with Crippen LogP contribution < -0.4 is 10.2 Å². The number of carbonyl (C=O) groups is 1. The number of nitrogens with zero attached hydrogens (tertiary/aromatic N) is 1. The van der Waals surface area contributed by atoms with Crippen molar-refractivity contribution in [2.24, 2.45) is 5.92 Å². The van der Waals surface area contributed by atoms with Crippen molar-refractivity contribution in [3.8, 4) is 0 Å². The number of carbonyl (C=O) groups excluding carboxylic acids is 1. The summed E-state index contributed by atoms with van der Waals surface area (Å²) in [5.41, 5.74) is 1.87. The van der Waals surface area contributed by atoms with Gasteiger partial charge in [0.2, 0.25) is 0 Å². The summed E-state index contributed by atoms with van der Waals surface area (Å²) in [5.74, 6) is 0.434. The van der Waals surface area contributed by atoms with Gasteiger partial charge in [-0.1, -0.05) is 35.9 Å². The van der Waals surface area contributed by atoms with Crippen LogP contribution in [0, 0.1) is 5.92 Å². The molecule has 22 heavy (non-hydrogen) atoms. The number of hydrogen-bond donors (Lipinski definition) is 1. The van der Waals surface area contributed by atoms with E-state index in [9.17, 15) is 4.79 Å². The zero-order valence-corrected chi connectivity index (χ0v) is 13.1. The van der Waals surface area contributed by atoms with Gasteiger partial charge in [-0.15, -0.1) is 0 Å². The quantitative estimate of drug-likeness (QED) is 0.935. The Balaban J connectivity index is 1.52. The average molecular weight is 315 g/mol. The van der Waals surface area contributed by atoms with Crippen LogP contribution in [0.1, 0.15) is 16.8 Å². The maximum atomic E-state index is 12.1. The van der Waals surface area contributed by atoms with Gasteiger partial charge >= 0.3 is 0 Å². The lowest BCUT2D eigenvalue weighted by Gasteiger charge is -2.18. The fourth-order valence-corrected chi connectivity index (χ4v) is 3.03. The number of para-hydroxylation sites is 1. The van der Waals surface area contributed by atoms with Gasteiger partial charge in [0.1, 0.15) is 0 Å². The molecule has 3 nitrogen and oxygen atoms in total. The monoisotopic (exact) mass is 314 g/mol. The molecule has 0 aromatic heterocycles. The second-order valence-electron chi connectivity index (χ2n) is 5.66. The summed E-state index contributed by atoms with van der Waals surface area (Å²) >= 11 is 5.92. The summed E-state index contributed by atoms with van der Waals surface area (Å²) in [6.45, 7) is 2.73. The minimum atomic E-state index is -0.0549. The van der Waals surface area contributed by atoms with Crippen LogP contribution >= 0.6 is 11.6 Å². The molecule has 1 unspecified atom stereocenters. The van der Waals surface area contributed by atoms with Gasteiger partial charge in [0.05, 0.1) is 0 Å². The Labute approximate surface area is 135 Å². The third-order valence-electron chi connectivity index (χ3n) is 4.05. The Morgan fingerprint density at radius 1 is 1.18 bits per heavy atom. The molecule has 1 aliphatic rings. The molecule has 2 aromatic carbocycles. The largest absolute Gasteiger partial charge is 0.371 e. The van der Waals surface area contributed by atoms with Crippen LogP contribution in [0.2, 0.25) is 5.02 Å². The third kappa shape index (κ3) is 3.60. The second-order valence-corrected chi connectivity index (χ2v) is 6.09. The topological polar surface area (TPSA) is 32.3 Å². The van der Waals surface area contributed by atoms with Gasteiger partial charge in [0.25, 0.3) is 5.91 Å². The molecular weight excluding hydrogens is 296 g/mol. The van der Waals surface area contributed by atoms with E-state index in [1.165, 1.54) is 5.69 Å². The standard InChI is InChI=1S/C18H19ClN2O/c19-16-6-4-5-15(11-16)18(22)20-12-14-9-10-21(13-14)17-7-2-1-3-8-17/h1-8,11,14H,9-10,12-13H2,(H,20,22). The van der Waals surface area contributed by atoms with Crippen molar-refractivity contribution in [1.82, 2.24) is 5.32 Å². The summed E-state index contributed by atoms with van der Waals surface area (Å²) in [5, 5.41) is 3.60. The molecule has 1 saturated heterocycles. The van der Waals surface area contributed by atoms with Crippen molar-refractivity contribution in [3.63, 3.8) is 0 Å². The van der Waals surface area contributed by atoms with E-state index in [0.29, 0.717) is 23.0 Å². The normalized spacial score (nSPS) is 17.5. The minimum Gasteiger partial charge on any atom is -0.371 e. The molecule has 3 rings (SSSR count). The molecule has 1 fully saturated rings. The molecule has 1 aliphatic heterocycles. The Bertz CT molecular complexity index is 645. The molecule has 0 spiro atoms. The molecule has 1 atom stereocenters. The number of nitrogens with one attached hydrogen (secondary N) is 1. The average Bonchev–Trinajstić information content (AvgIpc) is 3.02. The fourth-order valence-electron chi connectivity index (χ4n) is 2.84. The maximum Gasteiger partial charge on any atom is 0.251 e. The number of hydrogen-bond acceptors (Lipinski definition) is 2. The predicted octanol–water partition coefficient (Wildman–Crippen LogP) is 3.60. The first-order chi connectivity index (χ1) is 10.7. The van der Waals surface area contributed by atoms with Crippen LogP contribution in [0.25, 0.3) is 0 Å². The lowest BCUT2D eigenvalue weighted by molar-refractivity contribution is 0.0948. The molecule has 1 amide bonds. The van der Waals surface area contributed by atoms with E-state index in [4.69, 9.17) is 11.6 Å². The summed E-state index contributed by atoms with van der Waals surface area (Å²) in [7, 11) is 0. The summed E-state index contributed by atoms with van der Waals surface area (Å²) in [6.07, 6.45) is 1.10. The van der Waals surface area contributed by atoms with Gasteiger partial charge in [-0.05, 0) is 42.7 Å². The first-order valence-electron chi connectivity index (χ1n) is 7.56. The molecule has 114 valence electrons. The lowest BCUT2D eigenvalue weighted by Crippen LogP contribution is -2.31. The highest BCUT2D eigenvalue weighted by atomic mass is 35.5. The Hall–Kier alpha value is -2.00. The van der Waals surface area contributed by atoms with Crippen LogP contribution in [0.15, 0.2) is 54.6 Å². The van der Waals surface area contributed by atoms with Crippen molar-refractivity contribution in [2.45, 2.75) is 6.42 Å². The van der Waals surface area contributed by atoms with E-state index in [-0.39, 0.29) is 5.91 Å². The molecule has 1 N–H and O–H groups in total. The first-order valence-corrected chi connectivity index (χ1v) is 7.94. The Kier molecular flexibility index (Phi) is 4.64. The predicted molar refractivity (Wildman–Crippen MR) is 90.5 cm³/mol. The molecule has 0 saturated carbocycles. The number of halogens is 1. The van der Waals surface area contributed by atoms with Crippen molar-refractivity contribution in [2.75, 3.05) is 24.5 Å². The highest BCUT2D eigenvalue weighted by Crippen LogP contribution is 2.23. The third-order valence-corrected chi connectivity index (χ3v) is 4.28. The summed E-state index contributed by atoms with van der Waals surface area (Å²) in [4.78, 5) is 14.5. The van der Waals surface area contributed by atoms with E-state index >= 15 is 0 Å². The van der Waals surface area contributed by atoms with E-state index in [1.807, 2.05) is 6.07 Å². The second kappa shape index (κ2) is 6.84. The van der Waals surface area contributed by atoms with Gasteiger partial charge in [0, 0.05) is 35.9 Å². The van der Waals surface area contributed by atoms with Gasteiger partial charge in [-0.2, -0.15) is 0 Å². The SMILES string of the molecule is O=C(NCC1CCN(c2ccccc2)C1)c1cccc(Cl)c1. The number of benzene rings is 2. The molecule has 0 bridgehead atoms. The minimum absolute atomic E-state index is 0.0549. The van der Waals surface area contributed by atoms with E-state index < -0.39 is 0 Å². The van der Waals surface area contributed by atoms with Crippen LogP contribution in [-0.2, 0) is 0 Å². The zero-order valence-electron chi connectivity index (χ0n) is 12.3. The molecule has 2 aromatic rings. The molecule has 0 radical (unpaired) electrons. The van der Waals surface area contributed by atoms with Gasteiger partial charge in [-0.25, -0.2) is 0 Å². The van der Waals surface area contributed by atoms with E-state index in [2.05, 4.69) is 34.5 Å². The molecule has 1 heterocycles. The van der Waals surface area contributed by atoms with E-state index in [0.717, 1.165) is 19.5 Å². The van der Waals surface area contributed by atoms with Crippen molar-refractivity contribution >= 4 is 23.2 Å². The number of amides is 1. The van der Waals surface area contributed by atoms with Gasteiger partial charge in [-0.3, -0.25) is 4.79 Å². The highest BCUT2D eigenvalue weighted by Gasteiger charge is 2.23. The number of anilines is 1. The smallest absolute Gasteiger partial charge is 0.251 e. The molecule has 0 aliphatic carbocycles. The summed E-state index contributed by atoms with van der Waals surface area (Å²) < 4.78 is 0. The fraction of sp³-hybridized carbons (Fsp3) is 0.278. The molecule has 4 heteroatoms. The zero-order chi connectivity index (χ0) is 15.4.